The van der Waals surface area contributed by atoms with E-state index in [2.05, 4.69) is 19.8 Å². The van der Waals surface area contributed by atoms with Gasteiger partial charge in [-0.3, -0.25) is 0 Å². The molecule has 1 aliphatic heterocycles. The van der Waals surface area contributed by atoms with Gasteiger partial charge in [0.25, 0.3) is 0 Å². The van der Waals surface area contributed by atoms with Crippen LogP contribution in [0.4, 0.5) is 13.2 Å². The maximum absolute atomic E-state index is 12.8. The molecule has 1 atom stereocenters. The summed E-state index contributed by atoms with van der Waals surface area (Å²) in [6, 6.07) is 0. The van der Waals surface area contributed by atoms with E-state index in [1.807, 2.05) is 0 Å². The molecule has 12 heteroatoms. The van der Waals surface area contributed by atoms with Gasteiger partial charge in [0.1, 0.15) is 10.6 Å². The van der Waals surface area contributed by atoms with Crippen molar-refractivity contribution in [1.82, 2.24) is 19.7 Å². The first-order valence-electron chi connectivity index (χ1n) is 7.44. The molecule has 2 aromatic heterocycles. The van der Waals surface area contributed by atoms with Gasteiger partial charge in [-0.15, -0.1) is 10.2 Å². The molecule has 3 heterocycles. The van der Waals surface area contributed by atoms with Gasteiger partial charge in [-0.2, -0.15) is 17.5 Å². The third-order valence-corrected chi connectivity index (χ3v) is 6.09. The first kappa shape index (κ1) is 17.9. The van der Waals surface area contributed by atoms with Crippen LogP contribution < -0.4 is 0 Å². The minimum Gasteiger partial charge on any atom is -0.417 e. The van der Waals surface area contributed by atoms with Gasteiger partial charge in [0.05, 0.1) is 5.92 Å². The Bertz CT molecular complexity index is 855. The molecule has 2 aromatic rings. The van der Waals surface area contributed by atoms with Crippen LogP contribution in [0.5, 0.6) is 0 Å². The standard InChI is InChI=1S/C13H15F3N4O4S/c1-7-10(8(2)24-19-7)25(21,22)20-5-3-4-9(6-20)11-17-18-12(23-11)13(14,15)16/h9H,3-6H2,1-2H3. The van der Waals surface area contributed by atoms with E-state index in [1.54, 1.807) is 0 Å². The van der Waals surface area contributed by atoms with Crippen molar-refractivity contribution in [2.45, 2.75) is 43.7 Å². The molecule has 0 radical (unpaired) electrons. The molecule has 0 saturated carbocycles. The number of sulfonamides is 1. The first-order valence-corrected chi connectivity index (χ1v) is 8.88. The van der Waals surface area contributed by atoms with Gasteiger partial charge in [-0.25, -0.2) is 8.42 Å². The summed E-state index contributed by atoms with van der Waals surface area (Å²) in [5.74, 6) is -2.09. The summed E-state index contributed by atoms with van der Waals surface area (Å²) in [5, 5.41) is 10.1. The monoisotopic (exact) mass is 380 g/mol. The van der Waals surface area contributed by atoms with Crippen LogP contribution in [0.25, 0.3) is 0 Å². The average molecular weight is 380 g/mol. The molecule has 25 heavy (non-hydrogen) atoms. The van der Waals surface area contributed by atoms with Crippen LogP contribution in [0.3, 0.4) is 0 Å². The molecule has 8 nitrogen and oxygen atoms in total. The van der Waals surface area contributed by atoms with E-state index < -0.39 is 28.0 Å². The third-order valence-electron chi connectivity index (χ3n) is 3.98. The number of alkyl halides is 3. The van der Waals surface area contributed by atoms with E-state index in [-0.39, 0.29) is 35.3 Å². The van der Waals surface area contributed by atoms with Crippen LogP contribution in [-0.4, -0.2) is 41.2 Å². The number of hydrogen-bond donors (Lipinski definition) is 0. The SMILES string of the molecule is Cc1noc(C)c1S(=O)(=O)N1CCCC(c2nnc(C(F)(F)F)o2)C1. The van der Waals surface area contributed by atoms with Gasteiger partial charge in [0.2, 0.25) is 15.9 Å². The molecule has 0 bridgehead atoms. The Morgan fingerprint density at radius 1 is 1.24 bits per heavy atom. The molecule has 1 aliphatic rings. The molecule has 0 aromatic carbocycles. The lowest BCUT2D eigenvalue weighted by Crippen LogP contribution is -2.39. The fourth-order valence-corrected chi connectivity index (χ4v) is 4.66. The van der Waals surface area contributed by atoms with E-state index >= 15 is 0 Å². The molecule has 138 valence electrons. The molecule has 3 rings (SSSR count). The molecule has 1 saturated heterocycles. The van der Waals surface area contributed by atoms with Crippen LogP contribution in [0.2, 0.25) is 0 Å². The lowest BCUT2D eigenvalue weighted by molar-refractivity contribution is -0.157. The minimum atomic E-state index is -4.73. The van der Waals surface area contributed by atoms with Gasteiger partial charge in [0, 0.05) is 13.1 Å². The van der Waals surface area contributed by atoms with Gasteiger partial charge < -0.3 is 8.94 Å². The van der Waals surface area contributed by atoms with Crippen molar-refractivity contribution in [3.05, 3.63) is 23.2 Å². The topological polar surface area (TPSA) is 102 Å². The highest BCUT2D eigenvalue weighted by molar-refractivity contribution is 7.89. The summed E-state index contributed by atoms with van der Waals surface area (Å²) in [4.78, 5) is -0.0188. The number of nitrogens with zero attached hydrogens (tertiary/aromatic N) is 4. The smallest absolute Gasteiger partial charge is 0.417 e. The van der Waals surface area contributed by atoms with Crippen LogP contribution in [0.15, 0.2) is 13.8 Å². The van der Waals surface area contributed by atoms with Crippen LogP contribution in [-0.2, 0) is 16.2 Å². The van der Waals surface area contributed by atoms with Crippen LogP contribution in [0, 0.1) is 13.8 Å². The average Bonchev–Trinajstić information content (AvgIpc) is 3.14. The normalized spacial score (nSPS) is 20.1. The Morgan fingerprint density at radius 2 is 1.96 bits per heavy atom. The highest BCUT2D eigenvalue weighted by Crippen LogP contribution is 2.34. The number of piperidine rings is 1. The van der Waals surface area contributed by atoms with Crippen molar-refractivity contribution in [3.8, 4) is 0 Å². The molecule has 1 unspecified atom stereocenters. The van der Waals surface area contributed by atoms with Crippen molar-refractivity contribution < 1.29 is 30.5 Å². The van der Waals surface area contributed by atoms with Crippen molar-refractivity contribution in [2.24, 2.45) is 0 Å². The second-order valence-corrected chi connectivity index (χ2v) is 7.67. The number of aromatic nitrogens is 3. The van der Waals surface area contributed by atoms with Crippen molar-refractivity contribution >= 4 is 10.0 Å². The molecular weight excluding hydrogens is 365 g/mol. The zero-order valence-electron chi connectivity index (χ0n) is 13.4. The van der Waals surface area contributed by atoms with Gasteiger partial charge >= 0.3 is 12.1 Å². The van der Waals surface area contributed by atoms with Crippen molar-refractivity contribution in [2.75, 3.05) is 13.1 Å². The molecule has 0 amide bonds. The summed E-state index contributed by atoms with van der Waals surface area (Å²) in [7, 11) is -3.88. The van der Waals surface area contributed by atoms with Gasteiger partial charge in [-0.1, -0.05) is 5.16 Å². The van der Waals surface area contributed by atoms with Gasteiger partial charge in [0.15, 0.2) is 5.76 Å². The highest BCUT2D eigenvalue weighted by Gasteiger charge is 2.40. The van der Waals surface area contributed by atoms with Gasteiger partial charge in [-0.05, 0) is 26.7 Å². The summed E-state index contributed by atoms with van der Waals surface area (Å²) < 4.78 is 74.2. The largest absolute Gasteiger partial charge is 0.470 e. The predicted molar refractivity (Wildman–Crippen MR) is 76.0 cm³/mol. The quantitative estimate of drug-likeness (QED) is 0.805. The number of hydrogen-bond acceptors (Lipinski definition) is 7. The van der Waals surface area contributed by atoms with Crippen LogP contribution in [0.1, 0.15) is 42.0 Å². The van der Waals surface area contributed by atoms with E-state index in [4.69, 9.17) is 4.52 Å². The fourth-order valence-electron chi connectivity index (χ4n) is 2.85. The summed E-state index contributed by atoms with van der Waals surface area (Å²) >= 11 is 0. The fraction of sp³-hybridized carbons (Fsp3) is 0.615. The summed E-state index contributed by atoms with van der Waals surface area (Å²) in [6.45, 7) is 3.19. The Kier molecular flexibility index (Phi) is 4.35. The Morgan fingerprint density at radius 3 is 2.52 bits per heavy atom. The molecule has 1 fully saturated rings. The van der Waals surface area contributed by atoms with E-state index in [9.17, 15) is 21.6 Å². The summed E-state index contributed by atoms with van der Waals surface area (Å²) in [6.07, 6.45) is -3.83. The Balaban J connectivity index is 1.85. The number of halogens is 3. The number of aryl methyl sites for hydroxylation is 2. The maximum atomic E-state index is 12.8. The Hall–Kier alpha value is -1.95. The second kappa shape index (κ2) is 6.09. The molecule has 0 N–H and O–H groups in total. The highest BCUT2D eigenvalue weighted by atomic mass is 32.2. The predicted octanol–water partition coefficient (Wildman–Crippen LogP) is 2.26. The maximum Gasteiger partial charge on any atom is 0.470 e. The second-order valence-electron chi connectivity index (χ2n) is 5.80. The van der Waals surface area contributed by atoms with Crippen molar-refractivity contribution in [3.63, 3.8) is 0 Å². The van der Waals surface area contributed by atoms with Crippen LogP contribution >= 0.6 is 0 Å². The molecular formula is C13H15F3N4O4S. The van der Waals surface area contributed by atoms with Crippen molar-refractivity contribution in [1.29, 1.82) is 0 Å². The first-order chi connectivity index (χ1) is 11.6. The zero-order valence-corrected chi connectivity index (χ0v) is 14.2. The number of rotatable bonds is 3. The molecule has 0 spiro atoms. The van der Waals surface area contributed by atoms with E-state index in [1.165, 1.54) is 18.2 Å². The minimum absolute atomic E-state index is 0.0188. The van der Waals surface area contributed by atoms with E-state index in [0.717, 1.165) is 0 Å². The lowest BCUT2D eigenvalue weighted by atomic mass is 10.00. The summed E-state index contributed by atoms with van der Waals surface area (Å²) in [5.41, 5.74) is 0.233. The lowest BCUT2D eigenvalue weighted by Gasteiger charge is -2.30. The van der Waals surface area contributed by atoms with E-state index in [0.29, 0.717) is 12.8 Å². The molecule has 0 aliphatic carbocycles. The Labute approximate surface area is 141 Å². The third kappa shape index (κ3) is 3.27. The zero-order chi connectivity index (χ0) is 18.4.